The van der Waals surface area contributed by atoms with Crippen molar-refractivity contribution >= 4 is 10.1 Å². The SMILES string of the molecule is Cc1ccc(C2(S(=O)(=O)O)CC(O)C2)cc1. The number of rotatable bonds is 2. The Morgan fingerprint density at radius 3 is 2.12 bits per heavy atom. The summed E-state index contributed by atoms with van der Waals surface area (Å²) in [4.78, 5) is 0. The molecule has 2 rings (SSSR count). The van der Waals surface area contributed by atoms with Crippen LogP contribution in [0, 0.1) is 6.92 Å². The minimum Gasteiger partial charge on any atom is -0.393 e. The maximum atomic E-state index is 11.4. The minimum atomic E-state index is -4.19. The average Bonchev–Trinajstić information content (AvgIpc) is 2.12. The Balaban J connectivity index is 2.46. The highest BCUT2D eigenvalue weighted by Gasteiger charge is 2.54. The summed E-state index contributed by atoms with van der Waals surface area (Å²) in [5.41, 5.74) is 1.57. The van der Waals surface area contributed by atoms with Gasteiger partial charge in [-0.3, -0.25) is 4.55 Å². The molecule has 1 aromatic rings. The van der Waals surface area contributed by atoms with Crippen LogP contribution in [0.4, 0.5) is 0 Å². The van der Waals surface area contributed by atoms with Gasteiger partial charge < -0.3 is 5.11 Å². The number of aliphatic hydroxyl groups excluding tert-OH is 1. The van der Waals surface area contributed by atoms with Crippen molar-refractivity contribution in [2.24, 2.45) is 0 Å². The number of aryl methyl sites for hydroxylation is 1. The van der Waals surface area contributed by atoms with Gasteiger partial charge in [0.15, 0.2) is 0 Å². The van der Waals surface area contributed by atoms with Gasteiger partial charge in [-0.2, -0.15) is 8.42 Å². The molecule has 0 aromatic heterocycles. The van der Waals surface area contributed by atoms with Crippen molar-refractivity contribution in [1.82, 2.24) is 0 Å². The van der Waals surface area contributed by atoms with Crippen molar-refractivity contribution in [2.45, 2.75) is 30.6 Å². The van der Waals surface area contributed by atoms with Gasteiger partial charge in [-0.1, -0.05) is 29.8 Å². The number of aliphatic hydroxyl groups is 1. The molecule has 0 aliphatic heterocycles. The molecule has 0 atom stereocenters. The van der Waals surface area contributed by atoms with E-state index in [2.05, 4.69) is 0 Å². The van der Waals surface area contributed by atoms with Crippen molar-refractivity contribution < 1.29 is 18.1 Å². The van der Waals surface area contributed by atoms with Crippen molar-refractivity contribution in [3.8, 4) is 0 Å². The number of hydrogen-bond donors (Lipinski definition) is 2. The maximum absolute atomic E-state index is 11.4. The molecule has 0 amide bonds. The van der Waals surface area contributed by atoms with Crippen LogP contribution in [0.5, 0.6) is 0 Å². The van der Waals surface area contributed by atoms with Gasteiger partial charge in [-0.15, -0.1) is 0 Å². The van der Waals surface area contributed by atoms with Gasteiger partial charge in [0.25, 0.3) is 10.1 Å². The summed E-state index contributed by atoms with van der Waals surface area (Å²) in [7, 11) is -4.19. The van der Waals surface area contributed by atoms with Crippen LogP contribution in [0.3, 0.4) is 0 Å². The summed E-state index contributed by atoms with van der Waals surface area (Å²) in [6.45, 7) is 1.90. The molecule has 16 heavy (non-hydrogen) atoms. The second-order valence-corrected chi connectivity index (χ2v) is 6.13. The van der Waals surface area contributed by atoms with Gasteiger partial charge in [-0.25, -0.2) is 0 Å². The lowest BCUT2D eigenvalue weighted by atomic mass is 9.76. The third-order valence-corrected chi connectivity index (χ3v) is 4.76. The lowest BCUT2D eigenvalue weighted by Gasteiger charge is -2.42. The van der Waals surface area contributed by atoms with E-state index in [9.17, 15) is 18.1 Å². The summed E-state index contributed by atoms with van der Waals surface area (Å²) in [6, 6.07) is 6.98. The molecule has 0 unspecified atom stereocenters. The zero-order valence-corrected chi connectivity index (χ0v) is 9.74. The topological polar surface area (TPSA) is 74.6 Å². The third-order valence-electron chi connectivity index (χ3n) is 3.20. The molecule has 1 aliphatic rings. The maximum Gasteiger partial charge on any atom is 0.275 e. The fraction of sp³-hybridized carbons (Fsp3) is 0.455. The van der Waals surface area contributed by atoms with Crippen LogP contribution in [0.25, 0.3) is 0 Å². The molecule has 0 radical (unpaired) electrons. The second kappa shape index (κ2) is 3.55. The van der Waals surface area contributed by atoms with E-state index in [1.807, 2.05) is 6.92 Å². The zero-order valence-electron chi connectivity index (χ0n) is 8.92. The predicted octanol–water partition coefficient (Wildman–Crippen LogP) is 1.23. The molecule has 1 aromatic carbocycles. The molecule has 4 nitrogen and oxygen atoms in total. The van der Waals surface area contributed by atoms with Crippen LogP contribution in [0.1, 0.15) is 24.0 Å². The van der Waals surface area contributed by atoms with Gasteiger partial charge in [0, 0.05) is 0 Å². The highest BCUT2D eigenvalue weighted by molar-refractivity contribution is 7.86. The minimum absolute atomic E-state index is 0.0644. The standard InChI is InChI=1S/C11H14O4S/c1-8-2-4-9(5-3-8)11(16(13,14)15)6-10(12)7-11/h2-5,10,12H,6-7H2,1H3,(H,13,14,15). The van der Waals surface area contributed by atoms with Crippen LogP contribution in [-0.2, 0) is 14.9 Å². The van der Waals surface area contributed by atoms with Gasteiger partial charge in [0.2, 0.25) is 0 Å². The first-order chi connectivity index (χ1) is 7.35. The van der Waals surface area contributed by atoms with Crippen LogP contribution < -0.4 is 0 Å². The number of hydrogen-bond acceptors (Lipinski definition) is 3. The van der Waals surface area contributed by atoms with E-state index < -0.39 is 21.0 Å². The molecular weight excluding hydrogens is 228 g/mol. The molecule has 1 fully saturated rings. The van der Waals surface area contributed by atoms with Gasteiger partial charge >= 0.3 is 0 Å². The Kier molecular flexibility index (Phi) is 2.57. The fourth-order valence-electron chi connectivity index (χ4n) is 2.15. The Labute approximate surface area is 94.7 Å². The van der Waals surface area contributed by atoms with E-state index in [0.29, 0.717) is 5.56 Å². The molecule has 0 heterocycles. The second-order valence-electron chi connectivity index (χ2n) is 4.40. The quantitative estimate of drug-likeness (QED) is 0.765. The van der Waals surface area contributed by atoms with E-state index >= 15 is 0 Å². The molecule has 1 saturated carbocycles. The zero-order chi connectivity index (χ0) is 12.0. The Morgan fingerprint density at radius 1 is 1.25 bits per heavy atom. The smallest absolute Gasteiger partial charge is 0.275 e. The molecule has 88 valence electrons. The van der Waals surface area contributed by atoms with Crippen molar-refractivity contribution in [2.75, 3.05) is 0 Å². The molecule has 5 heteroatoms. The summed E-state index contributed by atoms with van der Waals surface area (Å²) in [5, 5.41) is 9.29. The summed E-state index contributed by atoms with van der Waals surface area (Å²) in [5.74, 6) is 0. The first kappa shape index (κ1) is 11.6. The average molecular weight is 242 g/mol. The van der Waals surface area contributed by atoms with Gasteiger partial charge in [0.05, 0.1) is 6.10 Å². The van der Waals surface area contributed by atoms with E-state index in [4.69, 9.17) is 0 Å². The predicted molar refractivity (Wildman–Crippen MR) is 59.6 cm³/mol. The summed E-state index contributed by atoms with van der Waals surface area (Å²) in [6.07, 6.45) is -0.521. The molecular formula is C11H14O4S. The molecule has 2 N–H and O–H groups in total. The lowest BCUT2D eigenvalue weighted by Crippen LogP contribution is -2.50. The monoisotopic (exact) mass is 242 g/mol. The van der Waals surface area contributed by atoms with Gasteiger partial charge in [0.1, 0.15) is 4.75 Å². The molecule has 0 spiro atoms. The van der Waals surface area contributed by atoms with E-state index in [1.54, 1.807) is 24.3 Å². The largest absolute Gasteiger partial charge is 0.393 e. The Morgan fingerprint density at radius 2 is 1.75 bits per heavy atom. The summed E-state index contributed by atoms with van der Waals surface area (Å²) >= 11 is 0. The van der Waals surface area contributed by atoms with Crippen LogP contribution in [0.2, 0.25) is 0 Å². The molecule has 1 aliphatic carbocycles. The Hall–Kier alpha value is -0.910. The first-order valence-corrected chi connectivity index (χ1v) is 6.51. The van der Waals surface area contributed by atoms with Crippen LogP contribution >= 0.6 is 0 Å². The fourth-order valence-corrected chi connectivity index (χ4v) is 3.39. The van der Waals surface area contributed by atoms with Crippen molar-refractivity contribution in [3.63, 3.8) is 0 Å². The van der Waals surface area contributed by atoms with E-state index in [0.717, 1.165) is 5.56 Å². The van der Waals surface area contributed by atoms with Gasteiger partial charge in [-0.05, 0) is 25.3 Å². The highest BCUT2D eigenvalue weighted by atomic mass is 32.2. The van der Waals surface area contributed by atoms with E-state index in [-0.39, 0.29) is 12.8 Å². The highest BCUT2D eigenvalue weighted by Crippen LogP contribution is 2.47. The normalized spacial score (nSPS) is 29.8. The van der Waals surface area contributed by atoms with E-state index in [1.165, 1.54) is 0 Å². The third kappa shape index (κ3) is 1.65. The number of benzene rings is 1. The molecule has 0 bridgehead atoms. The molecule has 0 saturated heterocycles. The Bertz CT molecular complexity index is 483. The van der Waals surface area contributed by atoms with Crippen LogP contribution in [0.15, 0.2) is 24.3 Å². The van der Waals surface area contributed by atoms with Crippen molar-refractivity contribution in [3.05, 3.63) is 35.4 Å². The lowest BCUT2D eigenvalue weighted by molar-refractivity contribution is 0.0516. The first-order valence-electron chi connectivity index (χ1n) is 5.07. The van der Waals surface area contributed by atoms with Crippen LogP contribution in [-0.4, -0.2) is 24.2 Å². The van der Waals surface area contributed by atoms with Crippen molar-refractivity contribution in [1.29, 1.82) is 0 Å². The summed E-state index contributed by atoms with van der Waals surface area (Å²) < 4.78 is 30.8.